The molecule has 0 radical (unpaired) electrons. The summed E-state index contributed by atoms with van der Waals surface area (Å²) in [6.07, 6.45) is 5.39. The van der Waals surface area contributed by atoms with E-state index < -0.39 is 0 Å². The predicted molar refractivity (Wildman–Crippen MR) is 64.7 cm³/mol. The minimum atomic E-state index is -0.0479. The van der Waals surface area contributed by atoms with Gasteiger partial charge in [-0.15, -0.1) is 0 Å². The molecule has 1 atom stereocenters. The highest BCUT2D eigenvalue weighted by molar-refractivity contribution is 5.92. The van der Waals surface area contributed by atoms with E-state index in [0.717, 1.165) is 25.6 Å². The van der Waals surface area contributed by atoms with Gasteiger partial charge in [0.1, 0.15) is 5.69 Å². The van der Waals surface area contributed by atoms with E-state index in [1.165, 1.54) is 12.8 Å². The van der Waals surface area contributed by atoms with Gasteiger partial charge < -0.3 is 5.32 Å². The van der Waals surface area contributed by atoms with Crippen molar-refractivity contribution >= 4 is 5.91 Å². The molecular formula is C13H17N3O. The van der Waals surface area contributed by atoms with E-state index in [1.807, 2.05) is 12.1 Å². The van der Waals surface area contributed by atoms with Crippen LogP contribution in [0.2, 0.25) is 0 Å². The molecule has 1 aromatic rings. The Kier molecular flexibility index (Phi) is 2.81. The Morgan fingerprint density at radius 2 is 2.24 bits per heavy atom. The second kappa shape index (κ2) is 4.45. The number of nitrogens with zero attached hydrogens (tertiary/aromatic N) is 2. The first-order valence-corrected chi connectivity index (χ1v) is 6.29. The minimum Gasteiger partial charge on any atom is -0.347 e. The van der Waals surface area contributed by atoms with Gasteiger partial charge >= 0.3 is 0 Å². The second-order valence-corrected chi connectivity index (χ2v) is 4.90. The predicted octanol–water partition coefficient (Wildman–Crippen LogP) is 1.05. The second-order valence-electron chi connectivity index (χ2n) is 4.90. The summed E-state index contributed by atoms with van der Waals surface area (Å²) < 4.78 is 0. The first-order chi connectivity index (χ1) is 8.33. The maximum atomic E-state index is 11.9. The molecule has 1 saturated carbocycles. The van der Waals surface area contributed by atoms with Crippen LogP contribution in [0.3, 0.4) is 0 Å². The lowest BCUT2D eigenvalue weighted by molar-refractivity contribution is 0.0932. The molecule has 1 aliphatic heterocycles. The molecule has 2 fully saturated rings. The maximum absolute atomic E-state index is 11.9. The van der Waals surface area contributed by atoms with Crippen LogP contribution in [0.15, 0.2) is 24.4 Å². The molecule has 2 heterocycles. The normalized spacial score (nSPS) is 24.8. The first-order valence-electron chi connectivity index (χ1n) is 6.29. The molecule has 1 N–H and O–H groups in total. The zero-order valence-corrected chi connectivity index (χ0v) is 9.80. The van der Waals surface area contributed by atoms with Crippen LogP contribution in [0.25, 0.3) is 0 Å². The number of carbonyl (C=O) groups excluding carboxylic acids is 1. The third-order valence-corrected chi connectivity index (χ3v) is 3.52. The van der Waals surface area contributed by atoms with Crippen LogP contribution in [0.4, 0.5) is 0 Å². The number of rotatable bonds is 3. The van der Waals surface area contributed by atoms with Gasteiger partial charge in [-0.2, -0.15) is 0 Å². The lowest BCUT2D eigenvalue weighted by Crippen LogP contribution is -2.37. The van der Waals surface area contributed by atoms with E-state index in [-0.39, 0.29) is 5.91 Å². The number of nitrogens with one attached hydrogen (secondary N) is 1. The third-order valence-electron chi connectivity index (χ3n) is 3.52. The van der Waals surface area contributed by atoms with E-state index in [9.17, 15) is 4.79 Å². The van der Waals surface area contributed by atoms with Gasteiger partial charge in [0, 0.05) is 31.4 Å². The maximum Gasteiger partial charge on any atom is 0.270 e. The van der Waals surface area contributed by atoms with Crippen LogP contribution in [0.5, 0.6) is 0 Å². The summed E-state index contributed by atoms with van der Waals surface area (Å²) in [4.78, 5) is 18.5. The zero-order valence-electron chi connectivity index (χ0n) is 9.80. The molecule has 3 rings (SSSR count). The van der Waals surface area contributed by atoms with Crippen LogP contribution in [0, 0.1) is 0 Å². The first kappa shape index (κ1) is 10.7. The number of likely N-dealkylation sites (tertiary alicyclic amines) is 1. The molecule has 17 heavy (non-hydrogen) atoms. The van der Waals surface area contributed by atoms with Crippen LogP contribution in [0.1, 0.15) is 29.8 Å². The van der Waals surface area contributed by atoms with Gasteiger partial charge in [0.2, 0.25) is 0 Å². The van der Waals surface area contributed by atoms with Crippen molar-refractivity contribution in [3.63, 3.8) is 0 Å². The molecular weight excluding hydrogens is 214 g/mol. The highest BCUT2D eigenvalue weighted by Crippen LogP contribution is 2.29. The Balaban J connectivity index is 1.55. The Morgan fingerprint density at radius 1 is 1.35 bits per heavy atom. The molecule has 1 unspecified atom stereocenters. The van der Waals surface area contributed by atoms with E-state index in [2.05, 4.69) is 15.2 Å². The SMILES string of the molecule is O=C(NC1CCN(C2CC2)C1)c1ccccn1. The van der Waals surface area contributed by atoms with Gasteiger partial charge in [-0.05, 0) is 31.4 Å². The van der Waals surface area contributed by atoms with Crippen molar-refractivity contribution < 1.29 is 4.79 Å². The smallest absolute Gasteiger partial charge is 0.270 e. The largest absolute Gasteiger partial charge is 0.347 e. The monoisotopic (exact) mass is 231 g/mol. The highest BCUT2D eigenvalue weighted by Gasteiger charge is 2.34. The molecule has 0 spiro atoms. The van der Waals surface area contributed by atoms with E-state index in [0.29, 0.717) is 11.7 Å². The fraction of sp³-hybridized carbons (Fsp3) is 0.538. The van der Waals surface area contributed by atoms with Crippen molar-refractivity contribution in [2.45, 2.75) is 31.3 Å². The Morgan fingerprint density at radius 3 is 2.94 bits per heavy atom. The topological polar surface area (TPSA) is 45.2 Å². The molecule has 1 saturated heterocycles. The van der Waals surface area contributed by atoms with E-state index in [4.69, 9.17) is 0 Å². The van der Waals surface area contributed by atoms with Crippen molar-refractivity contribution in [2.75, 3.05) is 13.1 Å². The average molecular weight is 231 g/mol. The van der Waals surface area contributed by atoms with Crippen molar-refractivity contribution in [3.05, 3.63) is 30.1 Å². The standard InChI is InChI=1S/C13H17N3O/c17-13(12-3-1-2-7-14-12)15-10-6-8-16(9-10)11-4-5-11/h1-3,7,10-11H,4-6,8-9H2,(H,15,17). The van der Waals surface area contributed by atoms with Gasteiger partial charge in [-0.1, -0.05) is 6.07 Å². The summed E-state index contributed by atoms with van der Waals surface area (Å²) in [6.45, 7) is 2.13. The number of hydrogen-bond donors (Lipinski definition) is 1. The number of aromatic nitrogens is 1. The zero-order chi connectivity index (χ0) is 11.7. The van der Waals surface area contributed by atoms with Crippen LogP contribution >= 0.6 is 0 Å². The molecule has 4 heteroatoms. The van der Waals surface area contributed by atoms with Crippen molar-refractivity contribution in [1.82, 2.24) is 15.2 Å². The molecule has 1 aromatic heterocycles. The van der Waals surface area contributed by atoms with E-state index in [1.54, 1.807) is 12.3 Å². The Hall–Kier alpha value is -1.42. The Labute approximate surface area is 101 Å². The molecule has 1 amide bonds. The average Bonchev–Trinajstić information content (AvgIpc) is 3.12. The van der Waals surface area contributed by atoms with Gasteiger partial charge in [0.25, 0.3) is 5.91 Å². The summed E-state index contributed by atoms with van der Waals surface area (Å²) in [5, 5.41) is 3.06. The summed E-state index contributed by atoms with van der Waals surface area (Å²) in [6, 6.07) is 6.51. The summed E-state index contributed by atoms with van der Waals surface area (Å²) >= 11 is 0. The van der Waals surface area contributed by atoms with Gasteiger partial charge in [0.05, 0.1) is 0 Å². The highest BCUT2D eigenvalue weighted by atomic mass is 16.1. The number of carbonyl (C=O) groups is 1. The van der Waals surface area contributed by atoms with Crippen LogP contribution in [-0.4, -0.2) is 41.0 Å². The van der Waals surface area contributed by atoms with Gasteiger partial charge in [-0.25, -0.2) is 0 Å². The molecule has 4 nitrogen and oxygen atoms in total. The quantitative estimate of drug-likeness (QED) is 0.845. The Bertz CT molecular complexity index is 402. The fourth-order valence-electron chi connectivity index (χ4n) is 2.43. The summed E-state index contributed by atoms with van der Waals surface area (Å²) in [5.41, 5.74) is 0.511. The fourth-order valence-corrected chi connectivity index (χ4v) is 2.43. The molecule has 0 bridgehead atoms. The summed E-state index contributed by atoms with van der Waals surface area (Å²) in [7, 11) is 0. The van der Waals surface area contributed by atoms with Crippen molar-refractivity contribution in [1.29, 1.82) is 0 Å². The number of amides is 1. The molecule has 0 aromatic carbocycles. The van der Waals surface area contributed by atoms with Crippen molar-refractivity contribution in [2.24, 2.45) is 0 Å². The van der Waals surface area contributed by atoms with Gasteiger partial charge in [0.15, 0.2) is 0 Å². The number of hydrogen-bond acceptors (Lipinski definition) is 3. The van der Waals surface area contributed by atoms with Crippen LogP contribution in [-0.2, 0) is 0 Å². The molecule has 2 aliphatic rings. The molecule has 90 valence electrons. The van der Waals surface area contributed by atoms with Crippen LogP contribution < -0.4 is 5.32 Å². The lowest BCUT2D eigenvalue weighted by atomic mass is 10.2. The van der Waals surface area contributed by atoms with E-state index >= 15 is 0 Å². The molecule has 1 aliphatic carbocycles. The van der Waals surface area contributed by atoms with Gasteiger partial charge in [-0.3, -0.25) is 14.7 Å². The minimum absolute atomic E-state index is 0.0479. The lowest BCUT2D eigenvalue weighted by Gasteiger charge is -2.15. The number of pyridine rings is 1. The van der Waals surface area contributed by atoms with Crippen molar-refractivity contribution in [3.8, 4) is 0 Å². The summed E-state index contributed by atoms with van der Waals surface area (Å²) in [5.74, 6) is -0.0479. The third kappa shape index (κ3) is 2.47.